The molecule has 20 heavy (non-hydrogen) atoms. The molecule has 0 radical (unpaired) electrons. The Kier molecular flexibility index (Phi) is 5.90. The minimum Gasteiger partial charge on any atom is -0.496 e. The Morgan fingerprint density at radius 1 is 1.20 bits per heavy atom. The quantitative estimate of drug-likeness (QED) is 0.842. The zero-order chi connectivity index (χ0) is 14.4. The number of methoxy groups -OCH3 is 1. The van der Waals surface area contributed by atoms with Crippen molar-refractivity contribution < 1.29 is 9.84 Å². The maximum Gasteiger partial charge on any atom is 0.125 e. The van der Waals surface area contributed by atoms with E-state index < -0.39 is 0 Å². The van der Waals surface area contributed by atoms with Crippen molar-refractivity contribution in [3.63, 3.8) is 0 Å². The van der Waals surface area contributed by atoms with Gasteiger partial charge >= 0.3 is 0 Å². The molecule has 0 unspecified atom stereocenters. The van der Waals surface area contributed by atoms with Gasteiger partial charge in [-0.15, -0.1) is 0 Å². The topological polar surface area (TPSA) is 29.5 Å². The molecular weight excluding hydrogens is 248 g/mol. The van der Waals surface area contributed by atoms with Crippen molar-refractivity contribution in [3.8, 4) is 5.75 Å². The molecule has 1 aliphatic rings. The molecule has 0 aliphatic heterocycles. The Labute approximate surface area is 123 Å². The normalized spacial score (nSPS) is 16.4. The van der Waals surface area contributed by atoms with Crippen molar-refractivity contribution in [2.75, 3.05) is 13.7 Å². The summed E-state index contributed by atoms with van der Waals surface area (Å²) < 4.78 is 5.73. The molecule has 0 aromatic heterocycles. The van der Waals surface area contributed by atoms with Crippen LogP contribution in [-0.2, 0) is 12.8 Å². The number of aliphatic hydroxyl groups is 1. The van der Waals surface area contributed by atoms with E-state index in [4.69, 9.17) is 9.84 Å². The van der Waals surface area contributed by atoms with Crippen LogP contribution in [0.5, 0.6) is 5.75 Å². The molecule has 0 amide bonds. The van der Waals surface area contributed by atoms with Crippen molar-refractivity contribution in [1.29, 1.82) is 0 Å². The fourth-order valence-corrected chi connectivity index (χ4v) is 3.44. The highest BCUT2D eigenvalue weighted by Crippen LogP contribution is 2.40. The smallest absolute Gasteiger partial charge is 0.125 e. The van der Waals surface area contributed by atoms with Crippen molar-refractivity contribution >= 4 is 0 Å². The zero-order valence-electron chi connectivity index (χ0n) is 13.0. The Bertz CT molecular complexity index is 420. The third kappa shape index (κ3) is 3.54. The number of aliphatic hydroxyl groups excluding tert-OH is 1. The second-order valence-corrected chi connectivity index (χ2v) is 5.89. The molecule has 1 N–H and O–H groups in total. The minimum absolute atomic E-state index is 0.270. The first kappa shape index (κ1) is 15.4. The first-order valence-electron chi connectivity index (χ1n) is 8.10. The average molecular weight is 276 g/mol. The second-order valence-electron chi connectivity index (χ2n) is 5.89. The Hall–Kier alpha value is -1.02. The highest BCUT2D eigenvalue weighted by atomic mass is 16.5. The summed E-state index contributed by atoms with van der Waals surface area (Å²) in [6.45, 7) is 2.46. The lowest BCUT2D eigenvalue weighted by Crippen LogP contribution is -2.09. The Balaban J connectivity index is 2.34. The van der Waals surface area contributed by atoms with Gasteiger partial charge in [0.15, 0.2) is 0 Å². The molecule has 1 aromatic carbocycles. The molecule has 0 saturated heterocycles. The van der Waals surface area contributed by atoms with Crippen LogP contribution in [0.4, 0.5) is 0 Å². The Morgan fingerprint density at radius 3 is 2.55 bits per heavy atom. The van der Waals surface area contributed by atoms with Gasteiger partial charge in [0.25, 0.3) is 0 Å². The predicted molar refractivity (Wildman–Crippen MR) is 83.6 cm³/mol. The summed E-state index contributed by atoms with van der Waals surface area (Å²) in [6.07, 6.45) is 9.48. The molecule has 0 bridgehead atoms. The minimum atomic E-state index is 0.270. The molecule has 1 aromatic rings. The summed E-state index contributed by atoms with van der Waals surface area (Å²) in [5.41, 5.74) is 4.10. The van der Waals surface area contributed by atoms with E-state index in [0.717, 1.165) is 25.0 Å². The Morgan fingerprint density at radius 2 is 1.95 bits per heavy atom. The first-order chi connectivity index (χ1) is 9.80. The zero-order valence-corrected chi connectivity index (χ0v) is 13.0. The van der Waals surface area contributed by atoms with Gasteiger partial charge in [-0.3, -0.25) is 0 Å². The summed E-state index contributed by atoms with van der Waals surface area (Å²) in [4.78, 5) is 0. The SMILES string of the molecule is CCc1cc(CCCO)cc(C2CCCCC2)c1OC. The van der Waals surface area contributed by atoms with Gasteiger partial charge in [0.1, 0.15) is 5.75 Å². The third-order valence-electron chi connectivity index (χ3n) is 4.51. The molecule has 0 spiro atoms. The van der Waals surface area contributed by atoms with E-state index in [-0.39, 0.29) is 6.61 Å². The lowest BCUT2D eigenvalue weighted by atomic mass is 9.82. The van der Waals surface area contributed by atoms with Crippen molar-refractivity contribution in [2.24, 2.45) is 0 Å². The highest BCUT2D eigenvalue weighted by molar-refractivity contribution is 5.47. The van der Waals surface area contributed by atoms with Gasteiger partial charge < -0.3 is 9.84 Å². The van der Waals surface area contributed by atoms with Gasteiger partial charge in [-0.25, -0.2) is 0 Å². The summed E-state index contributed by atoms with van der Waals surface area (Å²) in [7, 11) is 1.80. The number of hydrogen-bond donors (Lipinski definition) is 1. The van der Waals surface area contributed by atoms with E-state index in [1.165, 1.54) is 48.8 Å². The van der Waals surface area contributed by atoms with Crippen molar-refractivity contribution in [3.05, 3.63) is 28.8 Å². The van der Waals surface area contributed by atoms with Crippen LogP contribution in [0.3, 0.4) is 0 Å². The molecular formula is C18H28O2. The van der Waals surface area contributed by atoms with Gasteiger partial charge in [0.2, 0.25) is 0 Å². The standard InChI is InChI=1S/C18H28O2/c1-3-15-12-14(8-7-11-19)13-17(18(15)20-2)16-9-5-4-6-10-16/h12-13,16,19H,3-11H2,1-2H3. The lowest BCUT2D eigenvalue weighted by molar-refractivity contribution is 0.288. The van der Waals surface area contributed by atoms with Crippen LogP contribution < -0.4 is 4.74 Å². The second kappa shape index (κ2) is 7.68. The molecule has 2 heteroatoms. The van der Waals surface area contributed by atoms with E-state index in [2.05, 4.69) is 19.1 Å². The van der Waals surface area contributed by atoms with Gasteiger partial charge in [0.05, 0.1) is 7.11 Å². The van der Waals surface area contributed by atoms with Crippen LogP contribution in [0.1, 0.15) is 68.1 Å². The molecule has 0 atom stereocenters. The van der Waals surface area contributed by atoms with Gasteiger partial charge in [0, 0.05) is 6.61 Å². The lowest BCUT2D eigenvalue weighted by Gasteiger charge is -2.26. The highest BCUT2D eigenvalue weighted by Gasteiger charge is 2.21. The van der Waals surface area contributed by atoms with Crippen molar-refractivity contribution in [2.45, 2.75) is 64.2 Å². The number of aryl methyl sites for hydroxylation is 2. The van der Waals surface area contributed by atoms with Crippen LogP contribution in [0.15, 0.2) is 12.1 Å². The van der Waals surface area contributed by atoms with E-state index >= 15 is 0 Å². The van der Waals surface area contributed by atoms with E-state index in [9.17, 15) is 0 Å². The van der Waals surface area contributed by atoms with Crippen LogP contribution in [0.25, 0.3) is 0 Å². The van der Waals surface area contributed by atoms with Crippen LogP contribution in [0.2, 0.25) is 0 Å². The van der Waals surface area contributed by atoms with Crippen LogP contribution >= 0.6 is 0 Å². The molecule has 1 saturated carbocycles. The number of hydrogen-bond acceptors (Lipinski definition) is 2. The molecule has 1 fully saturated rings. The number of rotatable bonds is 6. The van der Waals surface area contributed by atoms with E-state index in [1.807, 2.05) is 0 Å². The average Bonchev–Trinajstić information content (AvgIpc) is 2.52. The van der Waals surface area contributed by atoms with Crippen LogP contribution in [0, 0.1) is 0 Å². The van der Waals surface area contributed by atoms with Gasteiger partial charge in [-0.2, -0.15) is 0 Å². The van der Waals surface area contributed by atoms with Crippen molar-refractivity contribution in [1.82, 2.24) is 0 Å². The molecule has 0 heterocycles. The monoisotopic (exact) mass is 276 g/mol. The van der Waals surface area contributed by atoms with Gasteiger partial charge in [-0.05, 0) is 54.7 Å². The summed E-state index contributed by atoms with van der Waals surface area (Å²) in [5, 5.41) is 9.05. The van der Waals surface area contributed by atoms with Crippen LogP contribution in [-0.4, -0.2) is 18.8 Å². The largest absolute Gasteiger partial charge is 0.496 e. The summed E-state index contributed by atoms with van der Waals surface area (Å²) in [6, 6.07) is 4.60. The summed E-state index contributed by atoms with van der Waals surface area (Å²) in [5.74, 6) is 1.78. The van der Waals surface area contributed by atoms with E-state index in [1.54, 1.807) is 7.11 Å². The molecule has 2 rings (SSSR count). The maximum absolute atomic E-state index is 9.05. The predicted octanol–water partition coefficient (Wildman–Crippen LogP) is 4.23. The fraction of sp³-hybridized carbons (Fsp3) is 0.667. The number of benzene rings is 1. The molecule has 2 nitrogen and oxygen atoms in total. The number of ether oxygens (including phenoxy) is 1. The molecule has 112 valence electrons. The third-order valence-corrected chi connectivity index (χ3v) is 4.51. The summed E-state index contributed by atoms with van der Waals surface area (Å²) >= 11 is 0. The fourth-order valence-electron chi connectivity index (χ4n) is 3.44. The van der Waals surface area contributed by atoms with Gasteiger partial charge in [-0.1, -0.05) is 38.3 Å². The maximum atomic E-state index is 9.05. The molecule has 1 aliphatic carbocycles. The van der Waals surface area contributed by atoms with E-state index in [0.29, 0.717) is 5.92 Å². The first-order valence-corrected chi connectivity index (χ1v) is 8.10.